The molecule has 0 aliphatic heterocycles. The Labute approximate surface area is 179 Å². The Morgan fingerprint density at radius 1 is 0.812 bits per heavy atom. The van der Waals surface area contributed by atoms with Gasteiger partial charge < -0.3 is 4.74 Å². The highest BCUT2D eigenvalue weighted by Gasteiger charge is 2.37. The second kappa shape index (κ2) is 9.46. The molecular weight excluding hydrogens is 437 g/mol. The topological polar surface area (TPSA) is 9.23 Å². The first-order valence-electron chi connectivity index (χ1n) is 9.48. The van der Waals surface area contributed by atoms with Crippen LogP contribution in [0.1, 0.15) is 16.7 Å². The van der Waals surface area contributed by atoms with Crippen molar-refractivity contribution in [2.24, 2.45) is 0 Å². The summed E-state index contributed by atoms with van der Waals surface area (Å²) < 4.78 is 99.9. The van der Waals surface area contributed by atoms with Crippen LogP contribution in [0.4, 0.5) is 30.7 Å². The van der Waals surface area contributed by atoms with Crippen LogP contribution in [0.3, 0.4) is 0 Å². The Morgan fingerprint density at radius 3 is 2.00 bits per heavy atom. The number of hydrogen-bond acceptors (Lipinski definition) is 1. The van der Waals surface area contributed by atoms with Crippen LogP contribution in [0.15, 0.2) is 61.2 Å². The summed E-state index contributed by atoms with van der Waals surface area (Å²) in [5.74, 6) is -5.22. The Bertz CT molecular complexity index is 1100. The molecule has 0 aliphatic rings. The largest absolute Gasteiger partial charge is 0.490 e. The quantitative estimate of drug-likeness (QED) is 0.269. The van der Waals surface area contributed by atoms with Crippen LogP contribution in [0.2, 0.25) is 0 Å². The van der Waals surface area contributed by atoms with E-state index in [1.54, 1.807) is 30.3 Å². The summed E-state index contributed by atoms with van der Waals surface area (Å²) in [6.45, 7) is 3.82. The smallest absolute Gasteiger partial charge is 0.422 e. The van der Waals surface area contributed by atoms with E-state index in [1.165, 1.54) is 12.1 Å². The molecule has 0 heterocycles. The molecular formula is C24H17F7O. The molecule has 0 saturated heterocycles. The summed E-state index contributed by atoms with van der Waals surface area (Å²) in [5, 5.41) is 0. The molecule has 0 radical (unpaired) electrons. The van der Waals surface area contributed by atoms with Crippen molar-refractivity contribution in [2.75, 3.05) is 6.61 Å². The summed E-state index contributed by atoms with van der Waals surface area (Å²) in [5.41, 5.74) is -1.74. The molecule has 1 nitrogen and oxygen atoms in total. The van der Waals surface area contributed by atoms with Gasteiger partial charge in [0.05, 0.1) is 0 Å². The maximum atomic E-state index is 14.6. The summed E-state index contributed by atoms with van der Waals surface area (Å²) in [4.78, 5) is 0. The Morgan fingerprint density at radius 2 is 1.44 bits per heavy atom. The van der Waals surface area contributed by atoms with Gasteiger partial charge in [-0.05, 0) is 53.8 Å². The second-order valence-electron chi connectivity index (χ2n) is 6.96. The number of alkyl halides is 3. The minimum atomic E-state index is -5.17. The standard InChI is InChI=1S/C24H17F7O/c1-2-11-32-17-8-5-15(6-9-17)18-10-7-16(22(27)23(18)28)4-3-14-12-19(25)21(20(26)13-14)24(29,30)31/h2,5-10,12-13H,1,3-4,11H2. The van der Waals surface area contributed by atoms with Crippen LogP contribution in [-0.4, -0.2) is 6.61 Å². The van der Waals surface area contributed by atoms with Gasteiger partial charge in [-0.1, -0.05) is 36.9 Å². The molecule has 3 aromatic carbocycles. The van der Waals surface area contributed by atoms with E-state index in [0.717, 1.165) is 0 Å². The van der Waals surface area contributed by atoms with Gasteiger partial charge in [-0.15, -0.1) is 0 Å². The van der Waals surface area contributed by atoms with Crippen LogP contribution >= 0.6 is 0 Å². The maximum absolute atomic E-state index is 14.6. The van der Waals surface area contributed by atoms with Crippen LogP contribution in [0, 0.1) is 23.3 Å². The van der Waals surface area contributed by atoms with E-state index in [9.17, 15) is 30.7 Å². The number of hydrogen-bond donors (Lipinski definition) is 0. The fourth-order valence-corrected chi connectivity index (χ4v) is 3.21. The normalized spacial score (nSPS) is 11.5. The lowest BCUT2D eigenvalue weighted by atomic mass is 9.98. The molecule has 0 N–H and O–H groups in total. The number of rotatable bonds is 7. The molecule has 0 fully saturated rings. The van der Waals surface area contributed by atoms with Gasteiger partial charge in [0.1, 0.15) is 29.6 Å². The minimum Gasteiger partial charge on any atom is -0.490 e. The van der Waals surface area contributed by atoms with Gasteiger partial charge in [0.2, 0.25) is 0 Å². The van der Waals surface area contributed by atoms with Gasteiger partial charge in [-0.2, -0.15) is 13.2 Å². The highest BCUT2D eigenvalue weighted by molar-refractivity contribution is 5.65. The van der Waals surface area contributed by atoms with Crippen molar-refractivity contribution in [2.45, 2.75) is 19.0 Å². The van der Waals surface area contributed by atoms with Crippen molar-refractivity contribution in [3.05, 3.63) is 101 Å². The lowest BCUT2D eigenvalue weighted by molar-refractivity contribution is -0.142. The molecule has 3 aromatic rings. The first-order valence-corrected chi connectivity index (χ1v) is 9.48. The Kier molecular flexibility index (Phi) is 6.91. The summed E-state index contributed by atoms with van der Waals surface area (Å²) in [6, 6.07) is 10.1. The SMILES string of the molecule is C=CCOc1ccc(-c2ccc(CCc3cc(F)c(C(F)(F)F)c(F)c3)c(F)c2F)cc1. The van der Waals surface area contributed by atoms with Gasteiger partial charge in [0.25, 0.3) is 0 Å². The molecule has 0 unspecified atom stereocenters. The van der Waals surface area contributed by atoms with Gasteiger partial charge in [0, 0.05) is 5.56 Å². The number of aryl methyl sites for hydroxylation is 2. The van der Waals surface area contributed by atoms with E-state index in [-0.39, 0.29) is 29.5 Å². The van der Waals surface area contributed by atoms with Gasteiger partial charge >= 0.3 is 6.18 Å². The molecule has 0 atom stereocenters. The molecule has 168 valence electrons. The predicted octanol–water partition coefficient (Wildman–Crippen LogP) is 7.28. The molecule has 3 rings (SSSR count). The third-order valence-electron chi connectivity index (χ3n) is 4.76. The van der Waals surface area contributed by atoms with Crippen LogP contribution in [-0.2, 0) is 19.0 Å². The molecule has 0 saturated carbocycles. The lowest BCUT2D eigenvalue weighted by Crippen LogP contribution is -2.12. The molecule has 0 amide bonds. The summed E-state index contributed by atoms with van der Waals surface area (Å²) >= 11 is 0. The van der Waals surface area contributed by atoms with Crippen molar-refractivity contribution in [3.63, 3.8) is 0 Å². The lowest BCUT2D eigenvalue weighted by Gasteiger charge is -2.12. The molecule has 0 spiro atoms. The highest BCUT2D eigenvalue weighted by atomic mass is 19.4. The van der Waals surface area contributed by atoms with Crippen molar-refractivity contribution >= 4 is 0 Å². The van der Waals surface area contributed by atoms with Crippen LogP contribution in [0.5, 0.6) is 5.75 Å². The van der Waals surface area contributed by atoms with Gasteiger partial charge in [-0.25, -0.2) is 17.6 Å². The third kappa shape index (κ3) is 5.12. The highest BCUT2D eigenvalue weighted by Crippen LogP contribution is 2.34. The zero-order chi connectivity index (χ0) is 23.5. The first kappa shape index (κ1) is 23.4. The van der Waals surface area contributed by atoms with Crippen molar-refractivity contribution in [1.82, 2.24) is 0 Å². The van der Waals surface area contributed by atoms with E-state index in [4.69, 9.17) is 4.74 Å². The third-order valence-corrected chi connectivity index (χ3v) is 4.76. The van der Waals surface area contributed by atoms with E-state index < -0.39 is 35.0 Å². The zero-order valence-electron chi connectivity index (χ0n) is 16.6. The van der Waals surface area contributed by atoms with Gasteiger partial charge in [-0.3, -0.25) is 0 Å². The minimum absolute atomic E-state index is 0.00754. The Hall–Kier alpha value is -3.29. The van der Waals surface area contributed by atoms with Crippen molar-refractivity contribution < 1.29 is 35.5 Å². The predicted molar refractivity (Wildman–Crippen MR) is 106 cm³/mol. The maximum Gasteiger partial charge on any atom is 0.422 e. The van der Waals surface area contributed by atoms with E-state index >= 15 is 0 Å². The number of halogens is 7. The van der Waals surface area contributed by atoms with Crippen LogP contribution in [0.25, 0.3) is 11.1 Å². The summed E-state index contributed by atoms with van der Waals surface area (Å²) in [7, 11) is 0. The van der Waals surface area contributed by atoms with Crippen LogP contribution < -0.4 is 4.74 Å². The zero-order valence-corrected chi connectivity index (χ0v) is 16.6. The van der Waals surface area contributed by atoms with Gasteiger partial charge in [0.15, 0.2) is 11.6 Å². The molecule has 0 bridgehead atoms. The average Bonchev–Trinajstić information content (AvgIpc) is 2.72. The van der Waals surface area contributed by atoms with Crippen molar-refractivity contribution in [1.29, 1.82) is 0 Å². The molecule has 32 heavy (non-hydrogen) atoms. The van der Waals surface area contributed by atoms with E-state index in [1.807, 2.05) is 0 Å². The second-order valence-corrected chi connectivity index (χ2v) is 6.96. The fraction of sp³-hybridized carbons (Fsp3) is 0.167. The number of benzene rings is 3. The first-order chi connectivity index (χ1) is 15.1. The monoisotopic (exact) mass is 454 g/mol. The molecule has 8 heteroatoms. The fourth-order valence-electron chi connectivity index (χ4n) is 3.21. The Balaban J connectivity index is 1.78. The summed E-state index contributed by atoms with van der Waals surface area (Å²) in [6.07, 6.45) is -3.96. The van der Waals surface area contributed by atoms with E-state index in [2.05, 4.69) is 6.58 Å². The molecule has 0 aliphatic carbocycles. The van der Waals surface area contributed by atoms with Crippen molar-refractivity contribution in [3.8, 4) is 16.9 Å². The average molecular weight is 454 g/mol. The van der Waals surface area contributed by atoms with E-state index in [0.29, 0.717) is 30.1 Å². The molecule has 0 aromatic heterocycles. The number of ether oxygens (including phenoxy) is 1.